The average molecular weight is 191 g/mol. The number of hydrogen-bond acceptors (Lipinski definition) is 2. The zero-order valence-corrected chi connectivity index (χ0v) is 9.95. The first kappa shape index (κ1) is 12.3. The Kier molecular flexibility index (Phi) is 5.97. The van der Waals surface area contributed by atoms with Crippen LogP contribution in [0.2, 0.25) is 0 Å². The summed E-state index contributed by atoms with van der Waals surface area (Å²) in [4.78, 5) is 2.24. The lowest BCUT2D eigenvalue weighted by atomic mass is 10.6. The zero-order chi connectivity index (χ0) is 9.61. The van der Waals surface area contributed by atoms with Crippen LogP contribution in [0.3, 0.4) is 0 Å². The van der Waals surface area contributed by atoms with Crippen molar-refractivity contribution in [3.05, 3.63) is 0 Å². The smallest absolute Gasteiger partial charge is 0.0872 e. The van der Waals surface area contributed by atoms with E-state index < -0.39 is 0 Å². The van der Waals surface area contributed by atoms with Crippen LogP contribution in [0.4, 0.5) is 0 Å². The molecule has 12 heavy (non-hydrogen) atoms. The summed E-state index contributed by atoms with van der Waals surface area (Å²) >= 11 is 2.05. The molecule has 3 heteroatoms. The van der Waals surface area contributed by atoms with E-state index in [4.69, 9.17) is 0 Å². The van der Waals surface area contributed by atoms with Gasteiger partial charge in [0.2, 0.25) is 0 Å². The van der Waals surface area contributed by atoms with Crippen LogP contribution in [0.1, 0.15) is 0 Å². The van der Waals surface area contributed by atoms with Crippen molar-refractivity contribution in [2.75, 3.05) is 59.8 Å². The lowest BCUT2D eigenvalue weighted by molar-refractivity contribution is -0.867. The molecule has 0 atom stereocenters. The molecule has 0 aromatic rings. The fourth-order valence-corrected chi connectivity index (χ4v) is 2.06. The minimum atomic E-state index is 1.08. The van der Waals surface area contributed by atoms with Crippen LogP contribution in [-0.2, 0) is 0 Å². The first-order valence-corrected chi connectivity index (χ1v) is 5.60. The van der Waals surface area contributed by atoms with Crippen molar-refractivity contribution in [1.29, 1.82) is 0 Å². The van der Waals surface area contributed by atoms with Crippen LogP contribution in [0.15, 0.2) is 0 Å². The SMILES string of the molecule is CN(C)CCSCC[N+](C)(C)C. The van der Waals surface area contributed by atoms with E-state index in [0.29, 0.717) is 0 Å². The molecule has 0 aliphatic rings. The Morgan fingerprint density at radius 3 is 2.08 bits per heavy atom. The second-order valence-electron chi connectivity index (χ2n) is 4.43. The van der Waals surface area contributed by atoms with Gasteiger partial charge in [0.05, 0.1) is 27.7 Å². The van der Waals surface area contributed by atoms with Crippen molar-refractivity contribution in [3.63, 3.8) is 0 Å². The molecule has 0 spiro atoms. The standard InChI is InChI=1S/C9H23N2S/c1-10(2)6-8-12-9-7-11(3,4)5/h6-9H2,1-5H3/q+1. The molecule has 0 N–H and O–H groups in total. The van der Waals surface area contributed by atoms with Gasteiger partial charge in [-0.2, -0.15) is 11.8 Å². The summed E-state index contributed by atoms with van der Waals surface area (Å²) in [7, 11) is 11.0. The van der Waals surface area contributed by atoms with Crippen molar-refractivity contribution in [2.45, 2.75) is 0 Å². The highest BCUT2D eigenvalue weighted by atomic mass is 32.2. The third-order valence-electron chi connectivity index (χ3n) is 1.59. The van der Waals surface area contributed by atoms with Crippen LogP contribution < -0.4 is 0 Å². The first-order valence-electron chi connectivity index (χ1n) is 4.45. The van der Waals surface area contributed by atoms with Gasteiger partial charge >= 0.3 is 0 Å². The first-order chi connectivity index (χ1) is 5.42. The summed E-state index contributed by atoms with van der Waals surface area (Å²) in [5.74, 6) is 2.53. The Labute approximate surface area is 81.5 Å². The molecule has 0 aliphatic heterocycles. The van der Waals surface area contributed by atoms with Gasteiger partial charge in [-0.15, -0.1) is 0 Å². The quantitative estimate of drug-likeness (QED) is 0.455. The molecule has 0 amide bonds. The molecule has 0 fully saturated rings. The summed E-state index contributed by atoms with van der Waals surface area (Å²) in [6.07, 6.45) is 0. The van der Waals surface area contributed by atoms with E-state index in [1.54, 1.807) is 0 Å². The minimum Gasteiger partial charge on any atom is -0.330 e. The van der Waals surface area contributed by atoms with Gasteiger partial charge in [-0.25, -0.2) is 0 Å². The van der Waals surface area contributed by atoms with Crippen molar-refractivity contribution < 1.29 is 4.48 Å². The maximum atomic E-state index is 2.24. The summed E-state index contributed by atoms with van der Waals surface area (Å²) in [6, 6.07) is 0. The lowest BCUT2D eigenvalue weighted by Gasteiger charge is -2.23. The van der Waals surface area contributed by atoms with Crippen molar-refractivity contribution in [3.8, 4) is 0 Å². The highest BCUT2D eigenvalue weighted by Gasteiger charge is 2.05. The highest BCUT2D eigenvalue weighted by Crippen LogP contribution is 2.02. The number of quaternary nitrogens is 1. The summed E-state index contributed by atoms with van der Waals surface area (Å²) < 4.78 is 1.08. The van der Waals surface area contributed by atoms with Crippen LogP contribution in [0.25, 0.3) is 0 Å². The van der Waals surface area contributed by atoms with Crippen LogP contribution in [0, 0.1) is 0 Å². The lowest BCUT2D eigenvalue weighted by Crippen LogP contribution is -2.36. The third kappa shape index (κ3) is 10.3. The van der Waals surface area contributed by atoms with E-state index in [-0.39, 0.29) is 0 Å². The van der Waals surface area contributed by atoms with Gasteiger partial charge in [-0.3, -0.25) is 0 Å². The molecule has 0 rings (SSSR count). The number of rotatable bonds is 6. The molecular formula is C9H23N2S+. The van der Waals surface area contributed by atoms with Gasteiger partial charge in [0.25, 0.3) is 0 Å². The zero-order valence-electron chi connectivity index (χ0n) is 9.13. The van der Waals surface area contributed by atoms with Gasteiger partial charge < -0.3 is 9.38 Å². The van der Waals surface area contributed by atoms with E-state index in [1.807, 2.05) is 0 Å². The van der Waals surface area contributed by atoms with Gasteiger partial charge in [0, 0.05) is 18.1 Å². The monoisotopic (exact) mass is 191 g/mol. The number of nitrogens with zero attached hydrogens (tertiary/aromatic N) is 2. The molecule has 74 valence electrons. The summed E-state index contributed by atoms with van der Waals surface area (Å²) in [5, 5.41) is 0. The highest BCUT2D eigenvalue weighted by molar-refractivity contribution is 7.99. The number of thioether (sulfide) groups is 1. The van der Waals surface area contributed by atoms with Gasteiger partial charge in [0.1, 0.15) is 0 Å². The average Bonchev–Trinajstić information content (AvgIpc) is 1.83. The Hall–Kier alpha value is 0.270. The third-order valence-corrected chi connectivity index (χ3v) is 2.53. The van der Waals surface area contributed by atoms with E-state index in [1.165, 1.54) is 24.6 Å². The second-order valence-corrected chi connectivity index (χ2v) is 5.65. The predicted octanol–water partition coefficient (Wildman–Crippen LogP) is 0.987. The molecule has 0 saturated carbocycles. The summed E-state index contributed by atoms with van der Waals surface area (Å²) in [5.41, 5.74) is 0. The van der Waals surface area contributed by atoms with Crippen LogP contribution in [0.5, 0.6) is 0 Å². The second kappa shape index (κ2) is 5.84. The molecule has 0 unspecified atom stereocenters. The Balaban J connectivity index is 3.12. The minimum absolute atomic E-state index is 1.08. The van der Waals surface area contributed by atoms with Gasteiger partial charge in [-0.1, -0.05) is 0 Å². The van der Waals surface area contributed by atoms with Crippen LogP contribution in [-0.4, -0.2) is 69.2 Å². The van der Waals surface area contributed by atoms with Gasteiger partial charge in [-0.05, 0) is 14.1 Å². The molecule has 0 radical (unpaired) electrons. The largest absolute Gasteiger partial charge is 0.330 e. The predicted molar refractivity (Wildman–Crippen MR) is 58.8 cm³/mol. The molecule has 0 bridgehead atoms. The van der Waals surface area contributed by atoms with E-state index in [2.05, 4.69) is 51.9 Å². The van der Waals surface area contributed by atoms with Crippen LogP contribution >= 0.6 is 11.8 Å². The molecule has 0 aliphatic carbocycles. The Morgan fingerprint density at radius 2 is 1.67 bits per heavy atom. The van der Waals surface area contributed by atoms with E-state index in [0.717, 1.165) is 4.48 Å². The molecular weight excluding hydrogens is 168 g/mol. The fraction of sp³-hybridized carbons (Fsp3) is 1.00. The number of hydrogen-bond donors (Lipinski definition) is 0. The maximum Gasteiger partial charge on any atom is 0.0872 e. The molecule has 2 nitrogen and oxygen atoms in total. The van der Waals surface area contributed by atoms with E-state index in [9.17, 15) is 0 Å². The Bertz CT molecular complexity index is 108. The summed E-state index contributed by atoms with van der Waals surface area (Å²) in [6.45, 7) is 2.46. The Morgan fingerprint density at radius 1 is 1.08 bits per heavy atom. The normalized spacial score (nSPS) is 12.5. The topological polar surface area (TPSA) is 3.24 Å². The molecule has 0 saturated heterocycles. The molecule has 0 heterocycles. The van der Waals surface area contributed by atoms with Gasteiger partial charge in [0.15, 0.2) is 0 Å². The van der Waals surface area contributed by atoms with Crippen molar-refractivity contribution in [2.24, 2.45) is 0 Å². The maximum absolute atomic E-state index is 2.24. The molecule has 0 aromatic heterocycles. The van der Waals surface area contributed by atoms with Crippen molar-refractivity contribution >= 4 is 11.8 Å². The van der Waals surface area contributed by atoms with E-state index >= 15 is 0 Å². The fourth-order valence-electron chi connectivity index (χ4n) is 0.688. The molecule has 0 aromatic carbocycles. The van der Waals surface area contributed by atoms with Crippen molar-refractivity contribution in [1.82, 2.24) is 4.90 Å².